The highest BCUT2D eigenvalue weighted by molar-refractivity contribution is 5.91. The van der Waals surface area contributed by atoms with Crippen LogP contribution in [0.1, 0.15) is 28.9 Å². The number of nitrogens with zero attached hydrogens (tertiary/aromatic N) is 3. The zero-order chi connectivity index (χ0) is 20.4. The summed E-state index contributed by atoms with van der Waals surface area (Å²) < 4.78 is 12.3. The molecule has 3 rings (SSSR count). The third-order valence-electron chi connectivity index (χ3n) is 5.00. The highest BCUT2D eigenvalue weighted by Gasteiger charge is 2.16. The number of aryl methyl sites for hydroxylation is 4. The van der Waals surface area contributed by atoms with Crippen LogP contribution in [0.3, 0.4) is 0 Å². The van der Waals surface area contributed by atoms with Crippen molar-refractivity contribution in [2.24, 2.45) is 7.05 Å². The average molecular weight is 382 g/mol. The van der Waals surface area contributed by atoms with Gasteiger partial charge in [-0.25, -0.2) is 4.98 Å². The number of hydrogen-bond acceptors (Lipinski definition) is 5. The molecule has 3 aromatic rings. The van der Waals surface area contributed by atoms with Crippen LogP contribution in [0.4, 0.5) is 5.69 Å². The molecule has 0 unspecified atom stereocenters. The molecule has 0 saturated heterocycles. The van der Waals surface area contributed by atoms with Gasteiger partial charge in [0, 0.05) is 36.3 Å². The molecule has 0 fully saturated rings. The number of amides is 1. The van der Waals surface area contributed by atoms with Gasteiger partial charge in [0.25, 0.3) is 0 Å². The Labute approximate surface area is 164 Å². The van der Waals surface area contributed by atoms with Crippen molar-refractivity contribution >= 4 is 22.6 Å². The van der Waals surface area contributed by atoms with E-state index in [4.69, 9.17) is 14.5 Å². The van der Waals surface area contributed by atoms with E-state index in [1.54, 1.807) is 37.1 Å². The zero-order valence-corrected chi connectivity index (χ0v) is 17.2. The number of benzene rings is 1. The summed E-state index contributed by atoms with van der Waals surface area (Å²) in [6.45, 7) is 6.05. The first-order valence-corrected chi connectivity index (χ1v) is 9.17. The molecule has 2 heterocycles. The lowest BCUT2D eigenvalue weighted by Gasteiger charge is -2.12. The van der Waals surface area contributed by atoms with Crippen molar-refractivity contribution in [2.45, 2.75) is 33.6 Å². The van der Waals surface area contributed by atoms with E-state index in [2.05, 4.69) is 17.3 Å². The molecule has 28 heavy (non-hydrogen) atoms. The number of hydrogen-bond donors (Lipinski definition) is 1. The predicted octanol–water partition coefficient (Wildman–Crippen LogP) is 3.48. The van der Waals surface area contributed by atoms with Crippen LogP contribution in [-0.2, 0) is 18.3 Å². The minimum atomic E-state index is -0.0611. The van der Waals surface area contributed by atoms with Crippen LogP contribution >= 0.6 is 0 Å². The molecule has 0 radical (unpaired) electrons. The standard InChI is InChI=1S/C21H26N4O3/c1-12-16(13(2)22-21-20(12)14(3)24-25(21)4)8-10-19(26)23-15-7-9-17(27-5)18(11-15)28-6/h7,9,11H,8,10H2,1-6H3,(H,23,26). The van der Waals surface area contributed by atoms with Gasteiger partial charge in [0.1, 0.15) is 0 Å². The molecule has 1 N–H and O–H groups in total. The summed E-state index contributed by atoms with van der Waals surface area (Å²) in [5.74, 6) is 1.14. The molecule has 0 saturated carbocycles. The van der Waals surface area contributed by atoms with Crippen LogP contribution in [0, 0.1) is 20.8 Å². The summed E-state index contributed by atoms with van der Waals surface area (Å²) in [7, 11) is 5.05. The summed E-state index contributed by atoms with van der Waals surface area (Å²) in [6, 6.07) is 5.31. The summed E-state index contributed by atoms with van der Waals surface area (Å²) in [6.07, 6.45) is 0.983. The Hall–Kier alpha value is -3.09. The van der Waals surface area contributed by atoms with E-state index in [1.807, 2.05) is 20.9 Å². The molecule has 0 aliphatic heterocycles. The maximum atomic E-state index is 12.5. The Kier molecular flexibility index (Phi) is 5.53. The van der Waals surface area contributed by atoms with Crippen molar-refractivity contribution in [3.63, 3.8) is 0 Å². The summed E-state index contributed by atoms with van der Waals surface area (Å²) in [5.41, 5.74) is 5.70. The van der Waals surface area contributed by atoms with Crippen LogP contribution in [0.25, 0.3) is 11.0 Å². The van der Waals surface area contributed by atoms with E-state index in [0.717, 1.165) is 33.5 Å². The lowest BCUT2D eigenvalue weighted by atomic mass is 9.99. The monoisotopic (exact) mass is 382 g/mol. The first-order valence-electron chi connectivity index (χ1n) is 9.17. The van der Waals surface area contributed by atoms with Gasteiger partial charge in [-0.15, -0.1) is 0 Å². The summed E-state index contributed by atoms with van der Waals surface area (Å²) in [5, 5.41) is 8.46. The molecule has 7 heteroatoms. The Morgan fingerprint density at radius 3 is 2.50 bits per heavy atom. The Bertz CT molecular complexity index is 1040. The van der Waals surface area contributed by atoms with Crippen LogP contribution in [-0.4, -0.2) is 34.9 Å². The quantitative estimate of drug-likeness (QED) is 0.706. The van der Waals surface area contributed by atoms with Gasteiger partial charge in [-0.2, -0.15) is 5.10 Å². The fraction of sp³-hybridized carbons (Fsp3) is 0.381. The first-order chi connectivity index (χ1) is 13.3. The molecule has 7 nitrogen and oxygen atoms in total. The number of methoxy groups -OCH3 is 2. The lowest BCUT2D eigenvalue weighted by Crippen LogP contribution is -2.13. The minimum Gasteiger partial charge on any atom is -0.493 e. The number of pyridine rings is 1. The zero-order valence-electron chi connectivity index (χ0n) is 17.2. The highest BCUT2D eigenvalue weighted by atomic mass is 16.5. The van der Waals surface area contributed by atoms with E-state index in [0.29, 0.717) is 30.0 Å². The van der Waals surface area contributed by atoms with Gasteiger partial charge in [0.2, 0.25) is 5.91 Å². The fourth-order valence-corrected chi connectivity index (χ4v) is 3.61. The van der Waals surface area contributed by atoms with E-state index in [-0.39, 0.29) is 5.91 Å². The van der Waals surface area contributed by atoms with Crippen molar-refractivity contribution < 1.29 is 14.3 Å². The lowest BCUT2D eigenvalue weighted by molar-refractivity contribution is -0.116. The van der Waals surface area contributed by atoms with Crippen LogP contribution < -0.4 is 14.8 Å². The summed E-state index contributed by atoms with van der Waals surface area (Å²) in [4.78, 5) is 17.2. The molecule has 0 aliphatic carbocycles. The molecular formula is C21H26N4O3. The van der Waals surface area contributed by atoms with Crippen molar-refractivity contribution in [1.29, 1.82) is 0 Å². The second-order valence-electron chi connectivity index (χ2n) is 6.83. The number of anilines is 1. The van der Waals surface area contributed by atoms with Gasteiger partial charge in [-0.1, -0.05) is 0 Å². The van der Waals surface area contributed by atoms with Crippen molar-refractivity contribution in [3.05, 3.63) is 40.7 Å². The molecule has 0 aliphatic rings. The fourth-order valence-electron chi connectivity index (χ4n) is 3.61. The molecular weight excluding hydrogens is 356 g/mol. The molecule has 0 atom stereocenters. The van der Waals surface area contributed by atoms with E-state index >= 15 is 0 Å². The van der Waals surface area contributed by atoms with Crippen LogP contribution in [0.2, 0.25) is 0 Å². The number of carbonyl (C=O) groups excluding carboxylic acids is 1. The summed E-state index contributed by atoms with van der Waals surface area (Å²) >= 11 is 0. The Balaban J connectivity index is 1.75. The molecule has 1 aromatic carbocycles. The van der Waals surface area contributed by atoms with Gasteiger partial charge in [0.05, 0.1) is 19.9 Å². The van der Waals surface area contributed by atoms with E-state index in [1.165, 1.54) is 0 Å². The normalized spacial score (nSPS) is 10.9. The van der Waals surface area contributed by atoms with Crippen molar-refractivity contribution in [1.82, 2.24) is 14.8 Å². The number of nitrogens with one attached hydrogen (secondary N) is 1. The topological polar surface area (TPSA) is 78.3 Å². The Morgan fingerprint density at radius 1 is 1.11 bits per heavy atom. The van der Waals surface area contributed by atoms with Crippen molar-refractivity contribution in [2.75, 3.05) is 19.5 Å². The molecule has 0 bridgehead atoms. The number of rotatable bonds is 6. The van der Waals surface area contributed by atoms with Gasteiger partial charge in [0.15, 0.2) is 17.1 Å². The molecule has 1 amide bonds. The van der Waals surface area contributed by atoms with Gasteiger partial charge < -0.3 is 14.8 Å². The smallest absolute Gasteiger partial charge is 0.224 e. The largest absolute Gasteiger partial charge is 0.493 e. The number of ether oxygens (including phenoxy) is 2. The second-order valence-corrected chi connectivity index (χ2v) is 6.83. The first kappa shape index (κ1) is 19.7. The predicted molar refractivity (Wildman–Crippen MR) is 109 cm³/mol. The van der Waals surface area contributed by atoms with Gasteiger partial charge in [-0.05, 0) is 50.5 Å². The van der Waals surface area contributed by atoms with Gasteiger partial charge in [-0.3, -0.25) is 9.48 Å². The third kappa shape index (κ3) is 3.65. The Morgan fingerprint density at radius 2 is 1.82 bits per heavy atom. The van der Waals surface area contributed by atoms with Crippen LogP contribution in [0.15, 0.2) is 18.2 Å². The highest BCUT2D eigenvalue weighted by Crippen LogP contribution is 2.30. The minimum absolute atomic E-state index is 0.0611. The molecule has 2 aromatic heterocycles. The van der Waals surface area contributed by atoms with Crippen LogP contribution in [0.5, 0.6) is 11.5 Å². The molecule has 148 valence electrons. The van der Waals surface area contributed by atoms with E-state index in [9.17, 15) is 4.79 Å². The van der Waals surface area contributed by atoms with Gasteiger partial charge >= 0.3 is 0 Å². The maximum Gasteiger partial charge on any atom is 0.224 e. The van der Waals surface area contributed by atoms with Crippen molar-refractivity contribution in [3.8, 4) is 11.5 Å². The molecule has 0 spiro atoms. The maximum absolute atomic E-state index is 12.5. The number of carbonyl (C=O) groups is 1. The second kappa shape index (κ2) is 7.88. The SMILES string of the molecule is COc1ccc(NC(=O)CCc2c(C)nc3c(c(C)nn3C)c2C)cc1OC. The third-order valence-corrected chi connectivity index (χ3v) is 5.00. The average Bonchev–Trinajstić information content (AvgIpc) is 2.94. The van der Waals surface area contributed by atoms with E-state index < -0.39 is 0 Å². The number of fused-ring (bicyclic) bond motifs is 1. The number of aromatic nitrogens is 3.